The molecule has 0 atom stereocenters. The van der Waals surface area contributed by atoms with Crippen LogP contribution in [0.25, 0.3) is 0 Å². The molecular formula is C13H13N3. The highest BCUT2D eigenvalue weighted by Crippen LogP contribution is 2.11. The van der Waals surface area contributed by atoms with Gasteiger partial charge in [-0.05, 0) is 31.0 Å². The van der Waals surface area contributed by atoms with Crippen molar-refractivity contribution in [2.24, 2.45) is 0 Å². The van der Waals surface area contributed by atoms with Crippen LogP contribution in [0.4, 0.5) is 0 Å². The first kappa shape index (κ1) is 10.4. The third kappa shape index (κ3) is 1.96. The first-order chi connectivity index (χ1) is 7.70. The highest BCUT2D eigenvalue weighted by Gasteiger charge is 2.06. The minimum absolute atomic E-state index is 0.612. The summed E-state index contributed by atoms with van der Waals surface area (Å²) < 4.78 is 1.75. The van der Waals surface area contributed by atoms with Gasteiger partial charge < -0.3 is 0 Å². The summed E-state index contributed by atoms with van der Waals surface area (Å²) in [5.74, 6) is 0. The van der Waals surface area contributed by atoms with Gasteiger partial charge in [-0.2, -0.15) is 10.4 Å². The highest BCUT2D eigenvalue weighted by atomic mass is 15.3. The number of hydrogen-bond donors (Lipinski definition) is 0. The van der Waals surface area contributed by atoms with E-state index in [-0.39, 0.29) is 0 Å². The molecule has 0 bridgehead atoms. The summed E-state index contributed by atoms with van der Waals surface area (Å²) in [4.78, 5) is 0. The Morgan fingerprint density at radius 2 is 2.06 bits per heavy atom. The molecule has 0 aliphatic rings. The second-order valence-electron chi connectivity index (χ2n) is 3.87. The van der Waals surface area contributed by atoms with Crippen molar-refractivity contribution in [3.63, 3.8) is 0 Å². The SMILES string of the molecule is Cc1cc(C#N)n(Cc2ccccc2C)n1. The van der Waals surface area contributed by atoms with E-state index in [0.717, 1.165) is 5.69 Å². The minimum atomic E-state index is 0.612. The number of hydrogen-bond acceptors (Lipinski definition) is 2. The summed E-state index contributed by atoms with van der Waals surface area (Å²) in [6.45, 7) is 4.62. The van der Waals surface area contributed by atoms with Gasteiger partial charge in [-0.25, -0.2) is 0 Å². The second-order valence-corrected chi connectivity index (χ2v) is 3.87. The number of nitriles is 1. The third-order valence-electron chi connectivity index (χ3n) is 2.60. The van der Waals surface area contributed by atoms with Crippen molar-refractivity contribution in [1.82, 2.24) is 9.78 Å². The van der Waals surface area contributed by atoms with Gasteiger partial charge in [-0.3, -0.25) is 4.68 Å². The van der Waals surface area contributed by atoms with Gasteiger partial charge in [0, 0.05) is 0 Å². The molecule has 0 aliphatic carbocycles. The van der Waals surface area contributed by atoms with Crippen molar-refractivity contribution in [1.29, 1.82) is 5.26 Å². The maximum absolute atomic E-state index is 8.97. The van der Waals surface area contributed by atoms with Crippen LogP contribution in [0.2, 0.25) is 0 Å². The van der Waals surface area contributed by atoms with Crippen LogP contribution in [0, 0.1) is 25.2 Å². The van der Waals surface area contributed by atoms with Crippen LogP contribution in [0.1, 0.15) is 22.5 Å². The van der Waals surface area contributed by atoms with Crippen LogP contribution in [0.5, 0.6) is 0 Å². The van der Waals surface area contributed by atoms with Gasteiger partial charge in [0.25, 0.3) is 0 Å². The molecule has 1 heterocycles. The molecule has 0 saturated carbocycles. The Morgan fingerprint density at radius 3 is 2.75 bits per heavy atom. The molecule has 2 aromatic rings. The van der Waals surface area contributed by atoms with Gasteiger partial charge in [0.2, 0.25) is 0 Å². The molecule has 0 fully saturated rings. The Kier molecular flexibility index (Phi) is 2.74. The average Bonchev–Trinajstić information content (AvgIpc) is 2.62. The lowest BCUT2D eigenvalue weighted by Gasteiger charge is -2.06. The van der Waals surface area contributed by atoms with E-state index < -0.39 is 0 Å². The Labute approximate surface area is 94.9 Å². The van der Waals surface area contributed by atoms with Gasteiger partial charge in [0.05, 0.1) is 12.2 Å². The van der Waals surface area contributed by atoms with Crippen molar-refractivity contribution in [2.45, 2.75) is 20.4 Å². The molecule has 16 heavy (non-hydrogen) atoms. The Morgan fingerprint density at radius 1 is 1.31 bits per heavy atom. The average molecular weight is 211 g/mol. The molecule has 0 aliphatic heterocycles. The molecule has 80 valence electrons. The summed E-state index contributed by atoms with van der Waals surface area (Å²) in [6, 6.07) is 12.1. The van der Waals surface area contributed by atoms with Crippen molar-refractivity contribution < 1.29 is 0 Å². The molecule has 0 radical (unpaired) electrons. The third-order valence-corrected chi connectivity index (χ3v) is 2.60. The predicted octanol–water partition coefficient (Wildman–Crippen LogP) is 2.42. The van der Waals surface area contributed by atoms with Crippen LogP contribution < -0.4 is 0 Å². The zero-order valence-corrected chi connectivity index (χ0v) is 9.44. The fourth-order valence-electron chi connectivity index (χ4n) is 1.70. The predicted molar refractivity (Wildman–Crippen MR) is 62.0 cm³/mol. The molecular weight excluding hydrogens is 198 g/mol. The van der Waals surface area contributed by atoms with Gasteiger partial charge in [-0.1, -0.05) is 24.3 Å². The lowest BCUT2D eigenvalue weighted by Crippen LogP contribution is -2.05. The molecule has 0 spiro atoms. The molecule has 0 N–H and O–H groups in total. The van der Waals surface area contributed by atoms with Crippen molar-refractivity contribution in [3.05, 3.63) is 52.8 Å². The first-order valence-electron chi connectivity index (χ1n) is 5.20. The summed E-state index contributed by atoms with van der Waals surface area (Å²) in [5.41, 5.74) is 3.91. The zero-order chi connectivity index (χ0) is 11.5. The Balaban J connectivity index is 2.35. The molecule has 3 heteroatoms. The lowest BCUT2D eigenvalue weighted by molar-refractivity contribution is 0.668. The number of aryl methyl sites for hydroxylation is 2. The summed E-state index contributed by atoms with van der Waals surface area (Å²) >= 11 is 0. The van der Waals surface area contributed by atoms with E-state index in [0.29, 0.717) is 12.2 Å². The van der Waals surface area contributed by atoms with E-state index in [9.17, 15) is 0 Å². The van der Waals surface area contributed by atoms with Crippen molar-refractivity contribution >= 4 is 0 Å². The molecule has 0 amide bonds. The maximum atomic E-state index is 8.97. The fraction of sp³-hybridized carbons (Fsp3) is 0.231. The monoisotopic (exact) mass is 211 g/mol. The molecule has 3 nitrogen and oxygen atoms in total. The second kappa shape index (κ2) is 4.19. The lowest BCUT2D eigenvalue weighted by atomic mass is 10.1. The normalized spacial score (nSPS) is 10.1. The fourth-order valence-corrected chi connectivity index (χ4v) is 1.70. The Bertz CT molecular complexity index is 547. The number of benzene rings is 1. The van der Waals surface area contributed by atoms with Gasteiger partial charge in [-0.15, -0.1) is 0 Å². The van der Waals surface area contributed by atoms with Crippen LogP contribution >= 0.6 is 0 Å². The van der Waals surface area contributed by atoms with E-state index in [4.69, 9.17) is 5.26 Å². The van der Waals surface area contributed by atoms with E-state index in [1.807, 2.05) is 19.1 Å². The molecule has 0 unspecified atom stereocenters. The largest absolute Gasteiger partial charge is 0.250 e. The van der Waals surface area contributed by atoms with Gasteiger partial charge >= 0.3 is 0 Å². The molecule has 1 aromatic carbocycles. The van der Waals surface area contributed by atoms with Crippen LogP contribution in [-0.2, 0) is 6.54 Å². The van der Waals surface area contributed by atoms with E-state index in [1.54, 1.807) is 10.7 Å². The van der Waals surface area contributed by atoms with Crippen LogP contribution in [0.15, 0.2) is 30.3 Å². The Hall–Kier alpha value is -2.08. The minimum Gasteiger partial charge on any atom is -0.250 e. The summed E-state index contributed by atoms with van der Waals surface area (Å²) in [6.07, 6.45) is 0. The van der Waals surface area contributed by atoms with Crippen molar-refractivity contribution in [3.8, 4) is 6.07 Å². The van der Waals surface area contributed by atoms with Gasteiger partial charge in [0.1, 0.15) is 11.8 Å². The van der Waals surface area contributed by atoms with Crippen LogP contribution in [-0.4, -0.2) is 9.78 Å². The van der Waals surface area contributed by atoms with E-state index in [2.05, 4.69) is 30.2 Å². The number of aromatic nitrogens is 2. The summed E-state index contributed by atoms with van der Waals surface area (Å²) in [5, 5.41) is 13.3. The standard InChI is InChI=1S/C13H13N3/c1-10-5-3-4-6-12(10)9-16-13(8-14)7-11(2)15-16/h3-7H,9H2,1-2H3. The smallest absolute Gasteiger partial charge is 0.139 e. The first-order valence-corrected chi connectivity index (χ1v) is 5.20. The van der Waals surface area contributed by atoms with Crippen LogP contribution in [0.3, 0.4) is 0 Å². The molecule has 1 aromatic heterocycles. The molecule has 2 rings (SSSR count). The van der Waals surface area contributed by atoms with E-state index in [1.165, 1.54) is 11.1 Å². The maximum Gasteiger partial charge on any atom is 0.139 e. The summed E-state index contributed by atoms with van der Waals surface area (Å²) in [7, 11) is 0. The van der Waals surface area contributed by atoms with Crippen molar-refractivity contribution in [2.75, 3.05) is 0 Å². The topological polar surface area (TPSA) is 41.6 Å². The van der Waals surface area contributed by atoms with E-state index >= 15 is 0 Å². The number of nitrogens with zero attached hydrogens (tertiary/aromatic N) is 3. The zero-order valence-electron chi connectivity index (χ0n) is 9.44. The quantitative estimate of drug-likeness (QED) is 0.765. The van der Waals surface area contributed by atoms with Gasteiger partial charge in [0.15, 0.2) is 0 Å². The number of rotatable bonds is 2. The molecule has 0 saturated heterocycles. The highest BCUT2D eigenvalue weighted by molar-refractivity contribution is 5.28.